The largest absolute Gasteiger partial charge is 0.469 e. The number of fused-ring (bicyclic) bond motifs is 3. The fraction of sp³-hybridized carbons (Fsp3) is 0.529. The average Bonchev–Trinajstić information content (AvgIpc) is 3.79. The molecule has 4 heterocycles. The summed E-state index contributed by atoms with van der Waals surface area (Å²) in [6, 6.07) is 12.4. The number of esters is 1. The van der Waals surface area contributed by atoms with Crippen LogP contribution in [0.15, 0.2) is 47.3 Å². The van der Waals surface area contributed by atoms with Crippen LogP contribution in [0.3, 0.4) is 0 Å². The number of rotatable bonds is 10. The average molecular weight is 665 g/mol. The lowest BCUT2D eigenvalue weighted by Gasteiger charge is -2.33. The zero-order chi connectivity index (χ0) is 33.7. The van der Waals surface area contributed by atoms with E-state index >= 15 is 0 Å². The minimum atomic E-state index is -3.03. The number of unbranched alkanes of at least 4 members (excludes halogenated alkanes) is 1. The van der Waals surface area contributed by atoms with Crippen molar-refractivity contribution in [2.75, 3.05) is 31.7 Å². The second-order valence-corrected chi connectivity index (χ2v) is 17.6. The number of aliphatic hydroxyl groups is 1. The molecule has 0 saturated carbocycles. The molecule has 2 amide bonds. The summed E-state index contributed by atoms with van der Waals surface area (Å²) in [4.78, 5) is 68.6. The number of para-hydroxylation sites is 1. The van der Waals surface area contributed by atoms with Crippen molar-refractivity contribution in [3.05, 3.63) is 58.4 Å². The summed E-state index contributed by atoms with van der Waals surface area (Å²) >= 11 is 0. The van der Waals surface area contributed by atoms with Gasteiger partial charge in [-0.05, 0) is 69.1 Å². The summed E-state index contributed by atoms with van der Waals surface area (Å²) in [6.45, 7) is 6.29. The van der Waals surface area contributed by atoms with E-state index in [9.17, 15) is 29.1 Å². The number of hydrogen-bond donors (Lipinski definition) is 3. The van der Waals surface area contributed by atoms with E-state index in [0.29, 0.717) is 53.8 Å². The van der Waals surface area contributed by atoms with Gasteiger partial charge in [0.1, 0.15) is 0 Å². The first kappa shape index (κ1) is 33.1. The van der Waals surface area contributed by atoms with E-state index in [0.717, 1.165) is 12.8 Å². The Bertz CT molecular complexity index is 1750. The minimum Gasteiger partial charge on any atom is -0.469 e. The number of aromatic amines is 1. The number of aliphatic hydroxyl groups excluding tert-OH is 1. The predicted octanol–water partition coefficient (Wildman–Crippen LogP) is 3.18. The van der Waals surface area contributed by atoms with Crippen LogP contribution in [0.2, 0.25) is 18.6 Å². The molecule has 0 radical (unpaired) electrons. The zero-order valence-corrected chi connectivity index (χ0v) is 28.4. The molecule has 2 aromatic carbocycles. The van der Waals surface area contributed by atoms with Crippen LogP contribution < -0.4 is 10.5 Å². The molecule has 5 atom stereocenters. The number of amides is 2. The van der Waals surface area contributed by atoms with E-state index in [4.69, 9.17) is 9.47 Å². The molecule has 3 N–H and O–H groups in total. The molecule has 1 spiro atoms. The highest BCUT2D eigenvalue weighted by Gasteiger charge is 2.66. The predicted molar refractivity (Wildman–Crippen MR) is 178 cm³/mol. The number of hydrogen-bond acceptors (Lipinski definition) is 8. The number of anilines is 1. The molecule has 2 saturated heterocycles. The number of benzene rings is 2. The van der Waals surface area contributed by atoms with Gasteiger partial charge in [0.2, 0.25) is 5.91 Å². The smallest absolute Gasteiger partial charge is 0.305 e. The highest BCUT2D eigenvalue weighted by Crippen LogP contribution is 2.60. The van der Waals surface area contributed by atoms with Gasteiger partial charge < -0.3 is 29.2 Å². The van der Waals surface area contributed by atoms with Crippen LogP contribution in [0, 0.1) is 5.92 Å². The van der Waals surface area contributed by atoms with Crippen molar-refractivity contribution in [3.63, 3.8) is 0 Å². The van der Waals surface area contributed by atoms with Crippen LogP contribution in [0.1, 0.15) is 51.0 Å². The third-order valence-electron chi connectivity index (χ3n) is 10.3. The Morgan fingerprint density at radius 3 is 2.62 bits per heavy atom. The normalized spacial score (nSPS) is 25.7. The third kappa shape index (κ3) is 5.62. The molecule has 0 aliphatic carbocycles. The van der Waals surface area contributed by atoms with E-state index in [2.05, 4.69) is 5.10 Å². The molecule has 3 aliphatic rings. The summed E-state index contributed by atoms with van der Waals surface area (Å²) in [5.41, 5.74) is 0.226. The number of methoxy groups -OCH3 is 1. The van der Waals surface area contributed by atoms with Crippen molar-refractivity contribution in [1.29, 1.82) is 0 Å². The van der Waals surface area contributed by atoms with Crippen LogP contribution in [-0.2, 0) is 29.5 Å². The minimum absolute atomic E-state index is 0.0207. The van der Waals surface area contributed by atoms with Gasteiger partial charge in [-0.15, -0.1) is 0 Å². The van der Waals surface area contributed by atoms with Crippen LogP contribution in [-0.4, -0.2) is 89.6 Å². The fourth-order valence-corrected chi connectivity index (χ4v) is 10.7. The summed E-state index contributed by atoms with van der Waals surface area (Å²) in [5, 5.41) is 13.6. The van der Waals surface area contributed by atoms with Crippen molar-refractivity contribution in [1.82, 2.24) is 14.7 Å². The molecule has 0 bridgehead atoms. The molecule has 12 nitrogen and oxygen atoms in total. The first-order chi connectivity index (χ1) is 22.4. The molecule has 3 aromatic rings. The summed E-state index contributed by atoms with van der Waals surface area (Å²) < 4.78 is 13.1. The van der Waals surface area contributed by atoms with Crippen molar-refractivity contribution in [2.45, 2.75) is 81.8 Å². The van der Waals surface area contributed by atoms with E-state index in [1.807, 2.05) is 44.3 Å². The topological polar surface area (TPSA) is 154 Å². The molecule has 252 valence electrons. The molecule has 47 heavy (non-hydrogen) atoms. The Labute approximate surface area is 274 Å². The van der Waals surface area contributed by atoms with Crippen molar-refractivity contribution < 1.29 is 33.8 Å². The van der Waals surface area contributed by atoms with Crippen LogP contribution in [0.5, 0.6) is 0 Å². The molecule has 1 aromatic heterocycles. The van der Waals surface area contributed by atoms with Gasteiger partial charge in [-0.3, -0.25) is 24.3 Å². The Kier molecular flexibility index (Phi) is 8.94. The molecule has 6 rings (SSSR count). The van der Waals surface area contributed by atoms with Gasteiger partial charge in [0.15, 0.2) is 13.9 Å². The maximum absolute atomic E-state index is 14.7. The van der Waals surface area contributed by atoms with Gasteiger partial charge in [-0.25, -0.2) is 4.68 Å². The summed E-state index contributed by atoms with van der Waals surface area (Å²) in [5.74, 6) is -1.27. The highest BCUT2D eigenvalue weighted by atomic mass is 28.4. The number of nitrogens with zero attached hydrogens (tertiary/aromatic N) is 3. The first-order valence-corrected chi connectivity index (χ1v) is 19.5. The Hall–Kier alpha value is -3.78. The van der Waals surface area contributed by atoms with Gasteiger partial charge >= 0.3 is 5.97 Å². The van der Waals surface area contributed by atoms with Crippen molar-refractivity contribution in [3.8, 4) is 5.69 Å². The maximum atomic E-state index is 14.7. The van der Waals surface area contributed by atoms with Gasteiger partial charge in [0, 0.05) is 36.5 Å². The number of nitrogens with one attached hydrogen (secondary N) is 1. The molecule has 13 heteroatoms. The van der Waals surface area contributed by atoms with Crippen molar-refractivity contribution in [2.24, 2.45) is 5.92 Å². The number of carbonyl (C=O) groups excluding carboxylic acids is 3. The molecular weight excluding hydrogens is 620 g/mol. The van der Waals surface area contributed by atoms with Crippen LogP contribution >= 0.6 is 0 Å². The fourth-order valence-electron chi connectivity index (χ4n) is 8.15. The quantitative estimate of drug-likeness (QED) is 0.170. The molecule has 3 aliphatic heterocycles. The number of aromatic nitrogens is 2. The van der Waals surface area contributed by atoms with Crippen molar-refractivity contribution >= 4 is 42.7 Å². The summed E-state index contributed by atoms with van der Waals surface area (Å²) in [7, 11) is -1.69. The van der Waals surface area contributed by atoms with Gasteiger partial charge in [0.05, 0.1) is 54.6 Å². The monoisotopic (exact) mass is 664 g/mol. The second-order valence-electron chi connectivity index (χ2n) is 13.6. The Morgan fingerprint density at radius 2 is 1.91 bits per heavy atom. The Balaban J connectivity index is 1.42. The lowest BCUT2D eigenvalue weighted by atomic mass is 9.82. The van der Waals surface area contributed by atoms with Gasteiger partial charge in [-0.2, -0.15) is 0 Å². The SMILES string of the molecule is COC(=O)CCCCN1C(=O)[C@@]2(O[C@@H](CC(=O)N3CCC[C@H]3CO)[C@H]([Si](C)(C)O)[C@H]2C)c2cc(-n3[nH]c4ccccc4c3=O)ccc21. The Morgan fingerprint density at radius 1 is 1.15 bits per heavy atom. The van der Waals surface area contributed by atoms with Crippen LogP contribution in [0.4, 0.5) is 5.69 Å². The van der Waals surface area contributed by atoms with E-state index in [1.54, 1.807) is 28.0 Å². The molecule has 2 fully saturated rings. The first-order valence-electron chi connectivity index (χ1n) is 16.5. The molecule has 0 unspecified atom stereocenters. The standard InChI is InChI=1S/C34H44N4O8Si/c1-21-31(47(3,4)44)28(19-29(40)36-17-9-10-23(36)20-39)46-34(21)25-18-22(38-32(42)24-11-5-6-12-26(24)35-38)14-15-27(25)37(33(34)43)16-8-7-13-30(41)45-2/h5-6,11-12,14-15,18,21,23,28,31,35,39,44H,7-10,13,16-17,19-20H2,1-4H3/t21-,23+,28+,31-,34+/m1/s1. The lowest BCUT2D eigenvalue weighted by Crippen LogP contribution is -2.46. The van der Waals surface area contributed by atoms with Gasteiger partial charge in [-0.1, -0.05) is 19.1 Å². The summed E-state index contributed by atoms with van der Waals surface area (Å²) in [6.07, 6.45) is 2.07. The van der Waals surface area contributed by atoms with E-state index in [-0.39, 0.29) is 48.8 Å². The van der Waals surface area contributed by atoms with E-state index in [1.165, 1.54) is 11.8 Å². The number of ether oxygens (including phenoxy) is 2. The maximum Gasteiger partial charge on any atom is 0.305 e. The molecular formula is C34H44N4O8Si. The third-order valence-corrected chi connectivity index (χ3v) is 12.8. The second kappa shape index (κ2) is 12.7. The number of H-pyrrole nitrogens is 1. The zero-order valence-electron chi connectivity index (χ0n) is 27.4. The lowest BCUT2D eigenvalue weighted by molar-refractivity contribution is -0.150. The number of likely N-dealkylation sites (tertiary alicyclic amines) is 1. The van der Waals surface area contributed by atoms with Crippen LogP contribution in [0.25, 0.3) is 16.6 Å². The van der Waals surface area contributed by atoms with E-state index < -0.39 is 31.5 Å². The van der Waals surface area contributed by atoms with Gasteiger partial charge in [0.25, 0.3) is 11.5 Å². The highest BCUT2D eigenvalue weighted by molar-refractivity contribution is 6.71. The number of carbonyl (C=O) groups is 3.